The SMILES string of the molecule is CCOC(=O)c1c(CCCOc2cccc3ccccc23)c2cccc3c2n1C/C=C\COCc1nn(CCOC)c(C)c1-3. The lowest BCUT2D eigenvalue weighted by Crippen LogP contribution is -2.14. The van der Waals surface area contributed by atoms with Crippen LogP contribution in [0.3, 0.4) is 0 Å². The normalized spacial score (nSPS) is 13.9. The third-order valence-corrected chi connectivity index (χ3v) is 8.20. The number of aromatic nitrogens is 3. The van der Waals surface area contributed by atoms with Gasteiger partial charge < -0.3 is 23.5 Å². The third-order valence-electron chi connectivity index (χ3n) is 8.20. The fourth-order valence-electron chi connectivity index (χ4n) is 6.23. The van der Waals surface area contributed by atoms with Crippen molar-refractivity contribution >= 4 is 27.6 Å². The van der Waals surface area contributed by atoms with E-state index in [0.29, 0.717) is 58.2 Å². The molecule has 0 atom stereocenters. The molecule has 0 N–H and O–H groups in total. The summed E-state index contributed by atoms with van der Waals surface area (Å²) in [5.74, 6) is 0.556. The van der Waals surface area contributed by atoms with Gasteiger partial charge in [-0.2, -0.15) is 5.10 Å². The molecule has 0 radical (unpaired) electrons. The van der Waals surface area contributed by atoms with E-state index in [2.05, 4.69) is 54.0 Å². The molecule has 8 heteroatoms. The first-order chi connectivity index (χ1) is 21.6. The van der Waals surface area contributed by atoms with Crippen LogP contribution in [-0.2, 0) is 40.3 Å². The molecule has 1 aliphatic heterocycles. The summed E-state index contributed by atoms with van der Waals surface area (Å²) in [5, 5.41) is 8.21. The van der Waals surface area contributed by atoms with Crippen molar-refractivity contribution in [2.45, 2.75) is 46.4 Å². The van der Waals surface area contributed by atoms with Crippen LogP contribution in [0.4, 0.5) is 0 Å². The Bertz CT molecular complexity index is 1810. The number of rotatable bonds is 10. The Morgan fingerprint density at radius 2 is 1.82 bits per heavy atom. The Kier molecular flexibility index (Phi) is 9.09. The van der Waals surface area contributed by atoms with Gasteiger partial charge in [-0.1, -0.05) is 66.7 Å². The average Bonchev–Trinajstić information content (AvgIpc) is 3.52. The van der Waals surface area contributed by atoms with Crippen molar-refractivity contribution in [3.63, 3.8) is 0 Å². The van der Waals surface area contributed by atoms with Gasteiger partial charge in [0.15, 0.2) is 0 Å². The molecule has 0 aliphatic carbocycles. The lowest BCUT2D eigenvalue weighted by Gasteiger charge is -2.12. The van der Waals surface area contributed by atoms with Crippen LogP contribution in [0.25, 0.3) is 32.8 Å². The molecule has 0 spiro atoms. The predicted molar refractivity (Wildman–Crippen MR) is 172 cm³/mol. The number of esters is 1. The highest BCUT2D eigenvalue weighted by atomic mass is 16.5. The number of allylic oxidation sites excluding steroid dienone is 1. The number of hydrogen-bond acceptors (Lipinski definition) is 6. The molecule has 0 saturated heterocycles. The largest absolute Gasteiger partial charge is 0.493 e. The van der Waals surface area contributed by atoms with Crippen LogP contribution < -0.4 is 4.74 Å². The highest BCUT2D eigenvalue weighted by molar-refractivity contribution is 6.05. The number of benzene rings is 3. The molecule has 3 aromatic carbocycles. The van der Waals surface area contributed by atoms with Crippen LogP contribution in [0, 0.1) is 6.92 Å². The van der Waals surface area contributed by atoms with Crippen LogP contribution in [0.1, 0.15) is 40.8 Å². The number of para-hydroxylation sites is 1. The second kappa shape index (κ2) is 13.5. The van der Waals surface area contributed by atoms with E-state index in [-0.39, 0.29) is 5.97 Å². The van der Waals surface area contributed by atoms with Crippen LogP contribution in [-0.4, -0.2) is 53.9 Å². The fraction of sp³-hybridized carbons (Fsp3) is 0.333. The molecule has 0 fully saturated rings. The molecule has 5 aromatic rings. The second-order valence-electron chi connectivity index (χ2n) is 10.9. The van der Waals surface area contributed by atoms with Crippen molar-refractivity contribution in [3.05, 3.63) is 95.5 Å². The van der Waals surface area contributed by atoms with Crippen LogP contribution >= 0.6 is 0 Å². The quantitative estimate of drug-likeness (QED) is 0.0998. The Morgan fingerprint density at radius 3 is 2.68 bits per heavy atom. The molecular formula is C36H39N3O5. The van der Waals surface area contributed by atoms with Crippen molar-refractivity contribution in [2.75, 3.05) is 33.5 Å². The van der Waals surface area contributed by atoms with Gasteiger partial charge in [-0.25, -0.2) is 4.79 Å². The zero-order chi connectivity index (χ0) is 30.5. The summed E-state index contributed by atoms with van der Waals surface area (Å²) in [4.78, 5) is 13.7. The van der Waals surface area contributed by atoms with E-state index in [4.69, 9.17) is 24.0 Å². The summed E-state index contributed by atoms with van der Waals surface area (Å²) < 4.78 is 27.4. The van der Waals surface area contributed by atoms with Crippen molar-refractivity contribution in [1.82, 2.24) is 14.3 Å². The standard InChI is InChI=1S/C36H39N3O5/c1-4-43-36(40)35-29(17-11-22-44-32-18-9-13-26-12-5-6-14-27(26)32)28-15-10-16-30-33-25(2)39(20-23-41-3)37-31(33)24-42-21-8-7-19-38(35)34(28)30/h5-10,12-16,18H,4,11,17,19-24H2,1-3H3/b8-7-. The van der Waals surface area contributed by atoms with Crippen LogP contribution in [0.15, 0.2) is 72.8 Å². The molecule has 0 bridgehead atoms. The van der Waals surface area contributed by atoms with E-state index in [0.717, 1.165) is 61.9 Å². The molecule has 1 aliphatic rings. The van der Waals surface area contributed by atoms with Gasteiger partial charge in [0.1, 0.15) is 11.4 Å². The molecule has 0 amide bonds. The molecule has 8 nitrogen and oxygen atoms in total. The minimum atomic E-state index is -0.313. The predicted octanol–water partition coefficient (Wildman–Crippen LogP) is 6.89. The number of carbonyl (C=O) groups excluding carboxylic acids is 1. The second-order valence-corrected chi connectivity index (χ2v) is 10.9. The molecule has 2 aromatic heterocycles. The third kappa shape index (κ3) is 5.75. The molecule has 0 unspecified atom stereocenters. The number of methoxy groups -OCH3 is 1. The first kappa shape index (κ1) is 29.7. The minimum absolute atomic E-state index is 0.302. The van der Waals surface area contributed by atoms with E-state index in [1.54, 1.807) is 7.11 Å². The van der Waals surface area contributed by atoms with Crippen molar-refractivity contribution in [2.24, 2.45) is 0 Å². The molecule has 6 rings (SSSR count). The first-order valence-corrected chi connectivity index (χ1v) is 15.3. The van der Waals surface area contributed by atoms with Crippen molar-refractivity contribution in [1.29, 1.82) is 0 Å². The van der Waals surface area contributed by atoms with E-state index >= 15 is 0 Å². The highest BCUT2D eigenvalue weighted by Gasteiger charge is 2.27. The van der Waals surface area contributed by atoms with Crippen LogP contribution in [0.5, 0.6) is 5.75 Å². The Morgan fingerprint density at radius 1 is 1.00 bits per heavy atom. The fourth-order valence-corrected chi connectivity index (χ4v) is 6.23. The van der Waals surface area contributed by atoms with Gasteiger partial charge in [0.25, 0.3) is 0 Å². The number of fused-ring (bicyclic) bond motifs is 3. The zero-order valence-corrected chi connectivity index (χ0v) is 25.7. The van der Waals surface area contributed by atoms with Gasteiger partial charge in [0, 0.05) is 41.2 Å². The smallest absolute Gasteiger partial charge is 0.355 e. The zero-order valence-electron chi connectivity index (χ0n) is 25.7. The number of nitrogens with zero attached hydrogens (tertiary/aromatic N) is 3. The number of ether oxygens (including phenoxy) is 4. The van der Waals surface area contributed by atoms with E-state index < -0.39 is 0 Å². The van der Waals surface area contributed by atoms with E-state index in [9.17, 15) is 4.79 Å². The van der Waals surface area contributed by atoms with Gasteiger partial charge in [-0.3, -0.25) is 4.68 Å². The maximum atomic E-state index is 13.7. The maximum Gasteiger partial charge on any atom is 0.355 e. The van der Waals surface area contributed by atoms with Gasteiger partial charge in [0.2, 0.25) is 0 Å². The summed E-state index contributed by atoms with van der Waals surface area (Å²) in [6.07, 6.45) is 5.46. The molecule has 0 saturated carbocycles. The lowest BCUT2D eigenvalue weighted by molar-refractivity contribution is 0.0513. The Balaban J connectivity index is 1.43. The number of carbonyl (C=O) groups is 1. The van der Waals surface area contributed by atoms with E-state index in [1.807, 2.05) is 41.9 Å². The summed E-state index contributed by atoms with van der Waals surface area (Å²) >= 11 is 0. The molecule has 228 valence electrons. The topological polar surface area (TPSA) is 76.7 Å². The van der Waals surface area contributed by atoms with Gasteiger partial charge in [-0.15, -0.1) is 0 Å². The monoisotopic (exact) mass is 593 g/mol. The lowest BCUT2D eigenvalue weighted by atomic mass is 9.98. The van der Waals surface area contributed by atoms with Crippen LogP contribution in [0.2, 0.25) is 0 Å². The minimum Gasteiger partial charge on any atom is -0.493 e. The van der Waals surface area contributed by atoms with Crippen molar-refractivity contribution in [3.8, 4) is 16.9 Å². The van der Waals surface area contributed by atoms with Crippen molar-refractivity contribution < 1.29 is 23.7 Å². The average molecular weight is 594 g/mol. The highest BCUT2D eigenvalue weighted by Crippen LogP contribution is 2.39. The van der Waals surface area contributed by atoms with Gasteiger partial charge >= 0.3 is 5.97 Å². The van der Waals surface area contributed by atoms with Gasteiger partial charge in [0.05, 0.1) is 50.8 Å². The summed E-state index contributed by atoms with van der Waals surface area (Å²) in [5.41, 5.74) is 6.55. The summed E-state index contributed by atoms with van der Waals surface area (Å²) in [7, 11) is 1.70. The van der Waals surface area contributed by atoms with E-state index in [1.165, 1.54) is 0 Å². The first-order valence-electron chi connectivity index (χ1n) is 15.3. The molecule has 3 heterocycles. The summed E-state index contributed by atoms with van der Waals surface area (Å²) in [6, 6.07) is 20.7. The Labute approximate surface area is 257 Å². The Hall–Kier alpha value is -4.40. The number of aryl methyl sites for hydroxylation is 1. The van der Waals surface area contributed by atoms with Gasteiger partial charge in [-0.05, 0) is 43.7 Å². The summed E-state index contributed by atoms with van der Waals surface area (Å²) in [6.45, 7) is 7.32. The number of hydrogen-bond donors (Lipinski definition) is 0. The maximum absolute atomic E-state index is 13.7. The molecule has 44 heavy (non-hydrogen) atoms. The molecular weight excluding hydrogens is 554 g/mol.